The Balaban J connectivity index is 1.92. The first kappa shape index (κ1) is 55.5. The molecule has 2 aromatic rings. The van der Waals surface area contributed by atoms with Crippen molar-refractivity contribution in [3.05, 3.63) is 48.0 Å². The number of amides is 7. The van der Waals surface area contributed by atoms with Crippen LogP contribution >= 0.6 is 0 Å². The van der Waals surface area contributed by atoms with Crippen molar-refractivity contribution in [3.63, 3.8) is 0 Å². The number of aromatic amines is 1. The number of hydrogen-bond acceptors (Lipinski definition) is 13. The zero-order valence-electron chi connectivity index (χ0n) is 39.4. The molecular weight excluding hydrogens is 887 g/mol. The zero-order chi connectivity index (χ0) is 50.7. The molecular formula is C44H69N13O11. The number of aliphatic hydroxyl groups is 1. The van der Waals surface area contributed by atoms with Crippen LogP contribution in [0.5, 0.6) is 5.75 Å². The molecule has 68 heavy (non-hydrogen) atoms. The number of guanidine groups is 1. The van der Waals surface area contributed by atoms with Crippen LogP contribution < -0.4 is 48.7 Å². The maximum absolute atomic E-state index is 14.5. The molecule has 24 nitrogen and oxygen atoms in total. The molecule has 9 atom stereocenters. The number of carboxylic acid groups (broad SMARTS) is 1. The minimum Gasteiger partial charge on any atom is -0.508 e. The topological polar surface area (TPSA) is 378 Å². The molecule has 0 unspecified atom stereocenters. The SMILES string of the molecule is CC[C@H](C)[C@H](NC(=O)[C@H](Cc1ccc(O)cc1)NC(=O)[C@@H](NC(=O)[C@H](CCCN=C(N)N)NC(=O)CNC)C(C)C)C(=O)N[C@@H](Cc1cnc[nH]1)C(=O)N1CCC[C@H]1C(=O)N[C@H](C(=O)O)[C@@H](C)O. The number of carbonyl (C=O) groups is 8. The number of phenols is 1. The number of nitrogens with two attached hydrogens (primary N) is 2. The van der Waals surface area contributed by atoms with Crippen LogP contribution in [0.15, 0.2) is 41.8 Å². The van der Waals surface area contributed by atoms with Crippen molar-refractivity contribution in [1.82, 2.24) is 52.1 Å². The van der Waals surface area contributed by atoms with Gasteiger partial charge in [0.15, 0.2) is 12.0 Å². The van der Waals surface area contributed by atoms with E-state index in [2.05, 4.69) is 52.2 Å². The van der Waals surface area contributed by atoms with Crippen molar-refractivity contribution in [2.75, 3.05) is 26.7 Å². The van der Waals surface area contributed by atoms with Crippen LogP contribution in [0.1, 0.15) is 78.0 Å². The summed E-state index contributed by atoms with van der Waals surface area (Å²) in [7, 11) is 1.56. The number of phenolic OH excluding ortho intramolecular Hbond substituents is 1. The molecule has 0 aliphatic carbocycles. The predicted octanol–water partition coefficient (Wildman–Crippen LogP) is -2.76. The lowest BCUT2D eigenvalue weighted by Crippen LogP contribution is -2.62. The van der Waals surface area contributed by atoms with Crippen molar-refractivity contribution < 1.29 is 53.7 Å². The van der Waals surface area contributed by atoms with Crippen LogP contribution in [0.4, 0.5) is 0 Å². The lowest BCUT2D eigenvalue weighted by atomic mass is 9.96. The van der Waals surface area contributed by atoms with Gasteiger partial charge in [-0.15, -0.1) is 0 Å². The van der Waals surface area contributed by atoms with E-state index in [1.165, 1.54) is 36.5 Å². The van der Waals surface area contributed by atoms with E-state index in [-0.39, 0.29) is 57.0 Å². The first-order valence-corrected chi connectivity index (χ1v) is 22.6. The minimum absolute atomic E-state index is 0.0473. The van der Waals surface area contributed by atoms with Gasteiger partial charge in [0, 0.05) is 37.8 Å². The van der Waals surface area contributed by atoms with Gasteiger partial charge in [-0.05, 0) is 69.2 Å². The van der Waals surface area contributed by atoms with Gasteiger partial charge in [-0.2, -0.15) is 0 Å². The second kappa shape index (κ2) is 27.1. The number of nitrogens with one attached hydrogen (secondary N) is 8. The van der Waals surface area contributed by atoms with Crippen molar-refractivity contribution in [2.24, 2.45) is 28.3 Å². The monoisotopic (exact) mass is 956 g/mol. The standard InChI is InChI=1S/C44H69N13O11/c1-7-24(4)35(41(65)53-31(19-27-20-48-22-50-27)42(66)57-17-9-11-32(57)39(63)56-36(25(5)58)43(67)68)55-38(62)30(18-26-12-14-28(59)15-13-26)52-40(64)34(23(2)3)54-37(61)29(51-33(60)21-47-6)10-8-16-49-44(45)46/h12-15,20,22-25,29-32,34-36,47,58-59H,7-11,16-19,21H2,1-6H3,(H,48,50)(H,51,60)(H,52,64)(H,53,65)(H,54,61)(H,55,62)(H,56,63)(H,67,68)(H4,45,46,49)/t24-,25+,29-,30-,31-,32-,34-,35-,36-/m0/s1. The fraction of sp³-hybridized carbons (Fsp3) is 0.591. The molecule has 7 amide bonds. The number of carbonyl (C=O) groups excluding carboxylic acids is 7. The lowest BCUT2D eigenvalue weighted by molar-refractivity contribution is -0.147. The van der Waals surface area contributed by atoms with E-state index in [1.54, 1.807) is 46.9 Å². The number of aromatic hydroxyl groups is 1. The van der Waals surface area contributed by atoms with Crippen LogP contribution in [0.2, 0.25) is 0 Å². The third-order valence-electron chi connectivity index (χ3n) is 11.5. The van der Waals surface area contributed by atoms with Crippen LogP contribution in [0.3, 0.4) is 0 Å². The molecule has 0 bridgehead atoms. The molecule has 1 aromatic carbocycles. The van der Waals surface area contributed by atoms with Crippen molar-refractivity contribution in [1.29, 1.82) is 0 Å². The van der Waals surface area contributed by atoms with Gasteiger partial charge < -0.3 is 73.9 Å². The minimum atomic E-state index is -1.63. The number of likely N-dealkylation sites (N-methyl/N-ethyl adjacent to an activating group) is 1. The number of aliphatic imine (C=N–C) groups is 1. The summed E-state index contributed by atoms with van der Waals surface area (Å²) in [5.41, 5.74) is 11.8. The Labute approximate surface area is 395 Å². The number of likely N-dealkylation sites (tertiary alicyclic amines) is 1. The van der Waals surface area contributed by atoms with Crippen molar-refractivity contribution in [2.45, 2.75) is 128 Å². The third kappa shape index (κ3) is 17.1. The Bertz CT molecular complexity index is 2050. The fourth-order valence-electron chi connectivity index (χ4n) is 7.48. The molecule has 1 aliphatic rings. The van der Waals surface area contributed by atoms with Crippen molar-refractivity contribution in [3.8, 4) is 5.75 Å². The molecule has 0 saturated carbocycles. The maximum atomic E-state index is 14.5. The van der Waals surface area contributed by atoms with Crippen LogP contribution in [-0.2, 0) is 51.2 Å². The van der Waals surface area contributed by atoms with E-state index < -0.39 is 108 Å². The number of imidazole rings is 1. The molecule has 2 heterocycles. The number of nitrogens with zero attached hydrogens (tertiary/aromatic N) is 3. The summed E-state index contributed by atoms with van der Waals surface area (Å²) in [6.07, 6.45) is 2.52. The van der Waals surface area contributed by atoms with Gasteiger partial charge in [0.2, 0.25) is 41.4 Å². The van der Waals surface area contributed by atoms with Gasteiger partial charge in [-0.3, -0.25) is 38.6 Å². The summed E-state index contributed by atoms with van der Waals surface area (Å²) in [5, 5.41) is 48.1. The molecule has 24 heteroatoms. The van der Waals surface area contributed by atoms with Gasteiger partial charge >= 0.3 is 5.97 Å². The third-order valence-corrected chi connectivity index (χ3v) is 11.5. The maximum Gasteiger partial charge on any atom is 0.328 e. The Morgan fingerprint density at radius 2 is 1.47 bits per heavy atom. The molecule has 0 spiro atoms. The number of carboxylic acids is 1. The highest BCUT2D eigenvalue weighted by atomic mass is 16.4. The molecule has 3 rings (SSSR count). The van der Waals surface area contributed by atoms with Crippen LogP contribution in [-0.4, -0.2) is 159 Å². The lowest BCUT2D eigenvalue weighted by Gasteiger charge is -2.32. The van der Waals surface area contributed by atoms with E-state index in [4.69, 9.17) is 11.5 Å². The van der Waals surface area contributed by atoms with E-state index in [0.717, 1.165) is 0 Å². The predicted molar refractivity (Wildman–Crippen MR) is 248 cm³/mol. The quantitative estimate of drug-likeness (QED) is 0.0245. The second-order valence-electron chi connectivity index (χ2n) is 17.2. The Morgan fingerprint density at radius 1 is 0.838 bits per heavy atom. The Hall–Kier alpha value is -6.82. The number of rotatable bonds is 27. The highest BCUT2D eigenvalue weighted by Crippen LogP contribution is 2.21. The Morgan fingerprint density at radius 3 is 2.04 bits per heavy atom. The van der Waals surface area contributed by atoms with E-state index in [1.807, 2.05) is 0 Å². The summed E-state index contributed by atoms with van der Waals surface area (Å²) in [5.74, 6) is -7.66. The highest BCUT2D eigenvalue weighted by Gasteiger charge is 2.41. The first-order chi connectivity index (χ1) is 32.2. The van der Waals surface area contributed by atoms with Gasteiger partial charge in [-0.25, -0.2) is 9.78 Å². The number of aliphatic hydroxyl groups excluding tert-OH is 1. The summed E-state index contributed by atoms with van der Waals surface area (Å²) in [6.45, 7) is 8.25. The molecule has 15 N–H and O–H groups in total. The average Bonchev–Trinajstić information content (AvgIpc) is 4.00. The number of benzene rings is 1. The average molecular weight is 956 g/mol. The highest BCUT2D eigenvalue weighted by molar-refractivity contribution is 5.98. The summed E-state index contributed by atoms with van der Waals surface area (Å²) >= 11 is 0. The van der Waals surface area contributed by atoms with Crippen LogP contribution in [0.25, 0.3) is 0 Å². The number of H-pyrrole nitrogens is 1. The summed E-state index contributed by atoms with van der Waals surface area (Å²) in [6, 6.07) is -3.11. The van der Waals surface area contributed by atoms with E-state index in [9.17, 15) is 53.7 Å². The number of aromatic nitrogens is 2. The summed E-state index contributed by atoms with van der Waals surface area (Å²) in [4.78, 5) is 121. The van der Waals surface area contributed by atoms with Gasteiger partial charge in [0.05, 0.1) is 19.0 Å². The van der Waals surface area contributed by atoms with Crippen molar-refractivity contribution >= 4 is 53.3 Å². The molecule has 1 saturated heterocycles. The first-order valence-electron chi connectivity index (χ1n) is 22.6. The fourth-order valence-corrected chi connectivity index (χ4v) is 7.48. The van der Waals surface area contributed by atoms with Crippen LogP contribution in [0, 0.1) is 11.8 Å². The smallest absolute Gasteiger partial charge is 0.328 e. The summed E-state index contributed by atoms with van der Waals surface area (Å²) < 4.78 is 0. The zero-order valence-corrected chi connectivity index (χ0v) is 39.4. The molecule has 1 aliphatic heterocycles. The van der Waals surface area contributed by atoms with Gasteiger partial charge in [-0.1, -0.05) is 46.2 Å². The van der Waals surface area contributed by atoms with Gasteiger partial charge in [0.1, 0.15) is 42.0 Å². The van der Waals surface area contributed by atoms with E-state index >= 15 is 0 Å². The number of hydrogen-bond donors (Lipinski definition) is 13. The molecule has 1 fully saturated rings. The van der Waals surface area contributed by atoms with Gasteiger partial charge in [0.25, 0.3) is 0 Å². The molecule has 376 valence electrons. The molecule has 1 aromatic heterocycles. The second-order valence-corrected chi connectivity index (χ2v) is 17.2. The largest absolute Gasteiger partial charge is 0.508 e. The Kier molecular flexibility index (Phi) is 22.1. The molecule has 0 radical (unpaired) electrons. The van der Waals surface area contributed by atoms with E-state index in [0.29, 0.717) is 30.5 Å². The normalized spacial score (nSPS) is 16.9. The number of aliphatic carboxylic acids is 1.